The molecule has 0 heterocycles. The van der Waals surface area contributed by atoms with Crippen LogP contribution in [0.3, 0.4) is 0 Å². The van der Waals surface area contributed by atoms with Crippen LogP contribution in [0.1, 0.15) is 72.1 Å². The normalized spacial score (nSPS) is 14.3. The summed E-state index contributed by atoms with van der Waals surface area (Å²) >= 11 is 0. The zero-order valence-corrected chi connectivity index (χ0v) is 17.2. The predicted octanol–water partition coefficient (Wildman–Crippen LogP) is 4.74. The van der Waals surface area contributed by atoms with Crippen LogP contribution in [-0.2, 0) is 9.59 Å². The Bertz CT molecular complexity index is 506. The highest BCUT2D eigenvalue weighted by molar-refractivity contribution is 5.89. The van der Waals surface area contributed by atoms with Gasteiger partial charge < -0.3 is 15.1 Å². The summed E-state index contributed by atoms with van der Waals surface area (Å²) in [6, 6.07) is 0. The van der Waals surface area contributed by atoms with Crippen molar-refractivity contribution in [3.63, 3.8) is 0 Å². The van der Waals surface area contributed by atoms with Crippen molar-refractivity contribution in [3.05, 3.63) is 22.8 Å². The molecule has 0 aliphatic rings. The van der Waals surface area contributed by atoms with Crippen LogP contribution >= 0.6 is 0 Å². The monoisotopic (exact) mass is 367 g/mol. The van der Waals surface area contributed by atoms with Gasteiger partial charge in [-0.15, -0.1) is 0 Å². The van der Waals surface area contributed by atoms with Crippen molar-refractivity contribution in [2.75, 3.05) is 20.6 Å². The summed E-state index contributed by atoms with van der Waals surface area (Å²) in [5, 5.41) is 18.9. The van der Waals surface area contributed by atoms with E-state index in [0.717, 1.165) is 50.6 Å². The Balaban J connectivity index is 5.14. The van der Waals surface area contributed by atoms with Crippen molar-refractivity contribution in [2.24, 2.45) is 5.92 Å². The molecule has 2 N–H and O–H groups in total. The average Bonchev–Trinajstić information content (AvgIpc) is 2.56. The maximum atomic E-state index is 11.7. The van der Waals surface area contributed by atoms with Crippen LogP contribution in [0.4, 0.5) is 0 Å². The van der Waals surface area contributed by atoms with Gasteiger partial charge >= 0.3 is 11.9 Å². The van der Waals surface area contributed by atoms with Crippen LogP contribution in [0.25, 0.3) is 0 Å². The molecule has 150 valence electrons. The first kappa shape index (κ1) is 24.4. The molecule has 0 aliphatic heterocycles. The zero-order valence-electron chi connectivity index (χ0n) is 17.2. The molecule has 5 heteroatoms. The topological polar surface area (TPSA) is 77.8 Å². The number of hydrogen-bond acceptors (Lipinski definition) is 3. The molecule has 0 spiro atoms. The molecular weight excluding hydrogens is 330 g/mol. The molecule has 0 radical (unpaired) electrons. The molecule has 0 aliphatic carbocycles. The lowest BCUT2D eigenvalue weighted by Crippen LogP contribution is -2.14. The molecule has 1 atom stereocenters. The fraction of sp³-hybridized carbons (Fsp3) is 0.714. The summed E-state index contributed by atoms with van der Waals surface area (Å²) < 4.78 is 0. The summed E-state index contributed by atoms with van der Waals surface area (Å²) in [6.07, 6.45) is 8.16. The molecule has 1 unspecified atom stereocenters. The number of carboxylic acids is 2. The van der Waals surface area contributed by atoms with E-state index in [-0.39, 0.29) is 6.42 Å². The van der Waals surface area contributed by atoms with Crippen LogP contribution in [0, 0.1) is 5.92 Å². The second kappa shape index (κ2) is 13.6. The number of rotatable bonds is 14. The molecule has 5 nitrogen and oxygen atoms in total. The molecule has 0 bridgehead atoms. The van der Waals surface area contributed by atoms with Crippen LogP contribution < -0.4 is 0 Å². The number of unbranched alkanes of at least 4 members (excludes halogenated alkanes) is 1. The van der Waals surface area contributed by atoms with Crippen molar-refractivity contribution in [1.82, 2.24) is 4.90 Å². The minimum Gasteiger partial charge on any atom is -0.478 e. The number of allylic oxidation sites excluding steroid dienone is 2. The van der Waals surface area contributed by atoms with Gasteiger partial charge in [-0.1, -0.05) is 51.2 Å². The van der Waals surface area contributed by atoms with Crippen molar-refractivity contribution >= 4 is 11.9 Å². The highest BCUT2D eigenvalue weighted by atomic mass is 16.4. The fourth-order valence-electron chi connectivity index (χ4n) is 3.05. The Labute approximate surface area is 158 Å². The van der Waals surface area contributed by atoms with Crippen molar-refractivity contribution in [3.8, 4) is 0 Å². The predicted molar refractivity (Wildman–Crippen MR) is 106 cm³/mol. The molecule has 0 rings (SSSR count). The van der Waals surface area contributed by atoms with Gasteiger partial charge in [-0.3, -0.25) is 0 Å². The van der Waals surface area contributed by atoms with Gasteiger partial charge in [0.25, 0.3) is 0 Å². The highest BCUT2D eigenvalue weighted by Gasteiger charge is 2.16. The van der Waals surface area contributed by atoms with Crippen molar-refractivity contribution in [1.29, 1.82) is 0 Å². The zero-order chi connectivity index (χ0) is 20.1. The van der Waals surface area contributed by atoms with E-state index in [1.807, 2.05) is 25.9 Å². The van der Waals surface area contributed by atoms with Crippen LogP contribution in [0.2, 0.25) is 0 Å². The Kier molecular flexibility index (Phi) is 12.7. The summed E-state index contributed by atoms with van der Waals surface area (Å²) in [6.45, 7) is 6.98. The molecule has 0 aromatic heterocycles. The highest BCUT2D eigenvalue weighted by Crippen LogP contribution is 2.25. The SMILES string of the molecule is CCCCC(CC)CC(C)=C(CC=C(CCCN(C)C)C(=O)O)C(=O)O. The van der Waals surface area contributed by atoms with Gasteiger partial charge in [-0.2, -0.15) is 0 Å². The second-order valence-corrected chi connectivity index (χ2v) is 7.33. The summed E-state index contributed by atoms with van der Waals surface area (Å²) in [5.41, 5.74) is 1.51. The number of carbonyl (C=O) groups is 2. The van der Waals surface area contributed by atoms with Gasteiger partial charge in [-0.25, -0.2) is 9.59 Å². The minimum absolute atomic E-state index is 0.176. The van der Waals surface area contributed by atoms with E-state index < -0.39 is 11.9 Å². The summed E-state index contributed by atoms with van der Waals surface area (Å²) in [4.78, 5) is 25.1. The molecule has 0 saturated carbocycles. The maximum Gasteiger partial charge on any atom is 0.331 e. The minimum atomic E-state index is -0.958. The standard InChI is InChI=1S/C21H37NO4/c1-6-8-10-17(7-2)15-16(3)19(21(25)26)13-12-18(20(23)24)11-9-14-22(4)5/h12,17H,6-11,13-15H2,1-5H3,(H,23,24)(H,25,26). The van der Waals surface area contributed by atoms with Gasteiger partial charge in [0.1, 0.15) is 0 Å². The first-order valence-corrected chi connectivity index (χ1v) is 9.71. The molecule has 0 fully saturated rings. The Morgan fingerprint density at radius 3 is 2.19 bits per heavy atom. The maximum absolute atomic E-state index is 11.7. The van der Waals surface area contributed by atoms with Crippen LogP contribution in [-0.4, -0.2) is 47.7 Å². The van der Waals surface area contributed by atoms with Gasteiger partial charge in [0.05, 0.1) is 0 Å². The Hall–Kier alpha value is -1.62. The summed E-state index contributed by atoms with van der Waals surface area (Å²) in [7, 11) is 3.89. The molecular formula is C21H37NO4. The Morgan fingerprint density at radius 1 is 1.08 bits per heavy atom. The van der Waals surface area contributed by atoms with E-state index in [1.54, 1.807) is 6.08 Å². The first-order valence-electron chi connectivity index (χ1n) is 9.71. The third-order valence-electron chi connectivity index (χ3n) is 4.79. The number of carboxylic acid groups (broad SMARTS) is 2. The van der Waals surface area contributed by atoms with Gasteiger partial charge in [0, 0.05) is 11.1 Å². The third kappa shape index (κ3) is 10.4. The van der Waals surface area contributed by atoms with Crippen LogP contribution in [0.5, 0.6) is 0 Å². The van der Waals surface area contributed by atoms with E-state index in [9.17, 15) is 19.8 Å². The molecule has 0 amide bonds. The summed E-state index contributed by atoms with van der Waals surface area (Å²) in [5.74, 6) is -1.41. The molecule has 26 heavy (non-hydrogen) atoms. The van der Waals surface area contributed by atoms with Gasteiger partial charge in [-0.05, 0) is 59.2 Å². The van der Waals surface area contributed by atoms with E-state index >= 15 is 0 Å². The molecule has 0 aromatic carbocycles. The van der Waals surface area contributed by atoms with E-state index in [1.165, 1.54) is 0 Å². The number of nitrogens with zero attached hydrogens (tertiary/aromatic N) is 1. The van der Waals surface area contributed by atoms with Gasteiger partial charge in [0.15, 0.2) is 0 Å². The van der Waals surface area contributed by atoms with Crippen LogP contribution in [0.15, 0.2) is 22.8 Å². The second-order valence-electron chi connectivity index (χ2n) is 7.33. The number of hydrogen-bond donors (Lipinski definition) is 2. The Morgan fingerprint density at radius 2 is 1.73 bits per heavy atom. The largest absolute Gasteiger partial charge is 0.478 e. The lowest BCUT2D eigenvalue weighted by atomic mass is 9.89. The third-order valence-corrected chi connectivity index (χ3v) is 4.79. The van der Waals surface area contributed by atoms with E-state index in [4.69, 9.17) is 0 Å². The van der Waals surface area contributed by atoms with Crippen molar-refractivity contribution < 1.29 is 19.8 Å². The van der Waals surface area contributed by atoms with E-state index in [0.29, 0.717) is 23.5 Å². The fourth-order valence-corrected chi connectivity index (χ4v) is 3.05. The van der Waals surface area contributed by atoms with E-state index in [2.05, 4.69) is 13.8 Å². The van der Waals surface area contributed by atoms with Crippen molar-refractivity contribution in [2.45, 2.75) is 72.1 Å². The smallest absolute Gasteiger partial charge is 0.331 e. The van der Waals surface area contributed by atoms with Gasteiger partial charge in [0.2, 0.25) is 0 Å². The average molecular weight is 368 g/mol. The molecule has 0 aromatic rings. The number of aliphatic carboxylic acids is 2. The quantitative estimate of drug-likeness (QED) is 0.434. The first-order chi connectivity index (χ1) is 12.2. The lowest BCUT2D eigenvalue weighted by molar-refractivity contribution is -0.134. The lowest BCUT2D eigenvalue weighted by Gasteiger charge is -2.16. The molecule has 0 saturated heterocycles.